The van der Waals surface area contributed by atoms with Crippen molar-refractivity contribution in [3.8, 4) is 0 Å². The molecule has 1 aromatic carbocycles. The third kappa shape index (κ3) is 1.22. The van der Waals surface area contributed by atoms with Crippen molar-refractivity contribution in [2.45, 2.75) is 4.90 Å². The number of sulfonamides is 1. The molecule has 0 saturated carbocycles. The second-order valence-corrected chi connectivity index (χ2v) is 4.21. The van der Waals surface area contributed by atoms with Gasteiger partial charge in [-0.3, -0.25) is 4.84 Å². The minimum atomic E-state index is -3.35. The molecule has 1 aliphatic rings. The molecule has 0 N–H and O–H groups in total. The molecule has 1 fully saturated rings. The molecule has 2 rings (SSSR count). The Kier molecular flexibility index (Phi) is 1.64. The fourth-order valence-corrected chi connectivity index (χ4v) is 1.93. The summed E-state index contributed by atoms with van der Waals surface area (Å²) < 4.78 is 23.7. The molecule has 0 aromatic heterocycles. The van der Waals surface area contributed by atoms with Crippen LogP contribution in [0.15, 0.2) is 35.2 Å². The smallest absolute Gasteiger partial charge is 0.262 e. The van der Waals surface area contributed by atoms with Crippen LogP contribution in [0.4, 0.5) is 0 Å². The molecule has 0 spiro atoms. The van der Waals surface area contributed by atoms with E-state index in [2.05, 4.69) is 4.84 Å². The summed E-state index contributed by atoms with van der Waals surface area (Å²) in [5, 5.41) is 0. The Morgan fingerprint density at radius 3 is 2.33 bits per heavy atom. The van der Waals surface area contributed by atoms with Gasteiger partial charge >= 0.3 is 0 Å². The van der Waals surface area contributed by atoms with Gasteiger partial charge in [0.25, 0.3) is 10.0 Å². The highest BCUT2D eigenvalue weighted by Gasteiger charge is 2.35. The summed E-state index contributed by atoms with van der Waals surface area (Å²) in [6.07, 6.45) is 0. The highest BCUT2D eigenvalue weighted by molar-refractivity contribution is 7.89. The Labute approximate surface area is 70.4 Å². The lowest BCUT2D eigenvalue weighted by molar-refractivity contribution is 0.294. The molecular weight excluding hydrogens is 178 g/mol. The predicted octanol–water partition coefficient (Wildman–Crippen LogP) is 0.580. The van der Waals surface area contributed by atoms with E-state index < -0.39 is 10.0 Å². The van der Waals surface area contributed by atoms with E-state index in [1.165, 1.54) is 12.1 Å². The van der Waals surface area contributed by atoms with E-state index in [1.807, 2.05) is 0 Å². The predicted molar refractivity (Wildman–Crippen MR) is 41.4 cm³/mol. The van der Waals surface area contributed by atoms with Crippen LogP contribution in [0.1, 0.15) is 0 Å². The van der Waals surface area contributed by atoms with Crippen molar-refractivity contribution in [2.24, 2.45) is 0 Å². The van der Waals surface area contributed by atoms with E-state index in [9.17, 15) is 8.42 Å². The van der Waals surface area contributed by atoms with Crippen molar-refractivity contribution in [2.75, 3.05) is 6.73 Å². The Morgan fingerprint density at radius 2 is 1.83 bits per heavy atom. The summed E-state index contributed by atoms with van der Waals surface area (Å²) in [6, 6.07) is 8.20. The third-order valence-corrected chi connectivity index (χ3v) is 3.16. The zero-order valence-corrected chi connectivity index (χ0v) is 6.99. The molecular formula is C7H7NO3S. The van der Waals surface area contributed by atoms with Crippen LogP contribution in [0.25, 0.3) is 0 Å². The number of rotatable bonds is 2. The summed E-state index contributed by atoms with van der Waals surface area (Å²) in [5.41, 5.74) is 0. The van der Waals surface area contributed by atoms with Crippen LogP contribution in [0.3, 0.4) is 0 Å². The van der Waals surface area contributed by atoms with Crippen LogP contribution < -0.4 is 0 Å². The molecule has 1 aliphatic heterocycles. The molecule has 12 heavy (non-hydrogen) atoms. The van der Waals surface area contributed by atoms with Crippen LogP contribution in [0.5, 0.6) is 0 Å². The maximum absolute atomic E-state index is 11.4. The van der Waals surface area contributed by atoms with Gasteiger partial charge in [-0.25, -0.2) is 8.42 Å². The third-order valence-electron chi connectivity index (χ3n) is 1.54. The lowest BCUT2D eigenvalue weighted by Gasteiger charge is -1.99. The lowest BCUT2D eigenvalue weighted by atomic mass is 10.4. The van der Waals surface area contributed by atoms with Gasteiger partial charge in [0.2, 0.25) is 0 Å². The van der Waals surface area contributed by atoms with Crippen molar-refractivity contribution in [1.82, 2.24) is 4.47 Å². The first-order valence-electron chi connectivity index (χ1n) is 3.42. The first kappa shape index (κ1) is 7.72. The molecule has 1 heterocycles. The van der Waals surface area contributed by atoms with Gasteiger partial charge in [-0.15, -0.1) is 0 Å². The van der Waals surface area contributed by atoms with Crippen LogP contribution in [0, 0.1) is 0 Å². The van der Waals surface area contributed by atoms with Gasteiger partial charge in [0.1, 0.15) is 0 Å². The monoisotopic (exact) mass is 185 g/mol. The number of hydroxylamine groups is 1. The van der Waals surface area contributed by atoms with Gasteiger partial charge in [-0.05, 0) is 16.6 Å². The Morgan fingerprint density at radius 1 is 1.25 bits per heavy atom. The molecule has 4 nitrogen and oxygen atoms in total. The van der Waals surface area contributed by atoms with E-state index in [0.717, 1.165) is 4.47 Å². The van der Waals surface area contributed by atoms with Gasteiger partial charge < -0.3 is 0 Å². The molecule has 0 amide bonds. The largest absolute Gasteiger partial charge is 0.267 e. The van der Waals surface area contributed by atoms with Crippen LogP contribution in [-0.2, 0) is 14.9 Å². The van der Waals surface area contributed by atoms with Gasteiger partial charge in [0.15, 0.2) is 6.73 Å². The average molecular weight is 185 g/mol. The van der Waals surface area contributed by atoms with Gasteiger partial charge in [-0.1, -0.05) is 18.2 Å². The number of hydrogen-bond donors (Lipinski definition) is 0. The molecule has 1 saturated heterocycles. The molecule has 1 aromatic rings. The number of hydrogen-bond acceptors (Lipinski definition) is 3. The normalized spacial score (nSPS) is 22.2. The minimum absolute atomic E-state index is 0.164. The van der Waals surface area contributed by atoms with Crippen LogP contribution >= 0.6 is 0 Å². The average Bonchev–Trinajstić information content (AvgIpc) is 2.88. The van der Waals surface area contributed by atoms with Gasteiger partial charge in [0.05, 0.1) is 4.90 Å². The van der Waals surface area contributed by atoms with Crippen molar-refractivity contribution in [1.29, 1.82) is 0 Å². The standard InChI is InChI=1S/C7H7NO3S/c9-12(10,8-6-11-8)7-4-2-1-3-5-7/h1-5H,6H2/t8-/m0/s1. The highest BCUT2D eigenvalue weighted by atomic mass is 32.2. The molecule has 1 atom stereocenters. The molecule has 64 valence electrons. The second kappa shape index (κ2) is 2.55. The van der Waals surface area contributed by atoms with Crippen LogP contribution in [-0.4, -0.2) is 19.6 Å². The summed E-state index contributed by atoms with van der Waals surface area (Å²) in [6.45, 7) is 0.164. The fraction of sp³-hybridized carbons (Fsp3) is 0.143. The first-order chi connectivity index (χ1) is 5.71. The lowest BCUT2D eigenvalue weighted by Crippen LogP contribution is -2.10. The van der Waals surface area contributed by atoms with Crippen molar-refractivity contribution in [3.63, 3.8) is 0 Å². The van der Waals surface area contributed by atoms with E-state index in [-0.39, 0.29) is 11.6 Å². The van der Waals surface area contributed by atoms with E-state index in [0.29, 0.717) is 0 Å². The molecule has 0 radical (unpaired) electrons. The minimum Gasteiger partial charge on any atom is -0.262 e. The Bertz CT molecular complexity index is 369. The van der Waals surface area contributed by atoms with E-state index in [4.69, 9.17) is 0 Å². The van der Waals surface area contributed by atoms with Crippen molar-refractivity contribution in [3.05, 3.63) is 30.3 Å². The molecule has 5 heteroatoms. The summed E-state index contributed by atoms with van der Waals surface area (Å²) in [5.74, 6) is 0. The molecule has 0 unspecified atom stereocenters. The van der Waals surface area contributed by atoms with Gasteiger partial charge in [-0.2, -0.15) is 0 Å². The van der Waals surface area contributed by atoms with Crippen molar-refractivity contribution >= 4 is 10.0 Å². The quantitative estimate of drug-likeness (QED) is 0.633. The highest BCUT2D eigenvalue weighted by Crippen LogP contribution is 2.21. The number of benzene rings is 1. The first-order valence-corrected chi connectivity index (χ1v) is 4.86. The zero-order valence-electron chi connectivity index (χ0n) is 6.17. The van der Waals surface area contributed by atoms with Gasteiger partial charge in [0, 0.05) is 0 Å². The second-order valence-electron chi connectivity index (χ2n) is 2.38. The van der Waals surface area contributed by atoms with Crippen LogP contribution in [0.2, 0.25) is 0 Å². The maximum Gasteiger partial charge on any atom is 0.267 e. The Hall–Kier alpha value is -0.910. The summed E-state index contributed by atoms with van der Waals surface area (Å²) in [7, 11) is -3.35. The number of nitrogens with zero attached hydrogens (tertiary/aromatic N) is 1. The summed E-state index contributed by atoms with van der Waals surface area (Å²) >= 11 is 0. The zero-order chi connectivity index (χ0) is 8.60. The topological polar surface area (TPSA) is 49.7 Å². The van der Waals surface area contributed by atoms with E-state index >= 15 is 0 Å². The fourth-order valence-electron chi connectivity index (χ4n) is 0.872. The van der Waals surface area contributed by atoms with E-state index in [1.54, 1.807) is 18.2 Å². The molecule has 0 bridgehead atoms. The Balaban J connectivity index is 2.42. The van der Waals surface area contributed by atoms with Crippen molar-refractivity contribution < 1.29 is 13.3 Å². The maximum atomic E-state index is 11.4. The summed E-state index contributed by atoms with van der Waals surface area (Å²) in [4.78, 5) is 4.84. The molecule has 0 aliphatic carbocycles. The SMILES string of the molecule is O=S(=O)(c1ccccc1)[N@@]1CO1.